The molecule has 2 aromatic carbocycles. The first-order valence-corrected chi connectivity index (χ1v) is 13.4. The third-order valence-corrected chi connectivity index (χ3v) is 7.81. The van der Waals surface area contributed by atoms with Crippen LogP contribution in [0.2, 0.25) is 0 Å². The number of hydrogen-bond donors (Lipinski definition) is 2. The first kappa shape index (κ1) is 27.6. The Bertz CT molecular complexity index is 1330. The minimum atomic E-state index is -0.846. The van der Waals surface area contributed by atoms with E-state index < -0.39 is 11.7 Å². The average molecular weight is 518 g/mol. The number of carbonyl (C=O) groups excluding carboxylic acids is 2. The number of ether oxygens (including phenoxy) is 1. The van der Waals surface area contributed by atoms with E-state index in [4.69, 9.17) is 4.74 Å². The molecule has 0 saturated carbocycles. The van der Waals surface area contributed by atoms with Crippen molar-refractivity contribution in [3.8, 4) is 11.5 Å². The van der Waals surface area contributed by atoms with Crippen LogP contribution in [0.4, 0.5) is 5.69 Å². The number of ketones is 1. The van der Waals surface area contributed by atoms with Crippen LogP contribution in [0.1, 0.15) is 97.7 Å². The van der Waals surface area contributed by atoms with Crippen molar-refractivity contribution in [1.29, 1.82) is 0 Å². The smallest absolute Gasteiger partial charge is 0.259 e. The van der Waals surface area contributed by atoms with Gasteiger partial charge in [0.25, 0.3) is 5.91 Å². The summed E-state index contributed by atoms with van der Waals surface area (Å²) in [5.74, 6) is 0.224. The number of phenols is 1. The summed E-state index contributed by atoms with van der Waals surface area (Å²) >= 11 is 0. The highest BCUT2D eigenvalue weighted by Crippen LogP contribution is 2.47. The number of hydrogen-bond acceptors (Lipinski definition) is 5. The summed E-state index contributed by atoms with van der Waals surface area (Å²) in [6.45, 7) is 11.9. The van der Waals surface area contributed by atoms with Crippen molar-refractivity contribution in [3.05, 3.63) is 75.4 Å². The topological polar surface area (TPSA) is 87.1 Å². The summed E-state index contributed by atoms with van der Waals surface area (Å²) in [5.41, 5.74) is 5.60. The van der Waals surface area contributed by atoms with Crippen molar-refractivity contribution >= 4 is 17.4 Å². The molecule has 0 aliphatic carbocycles. The van der Waals surface area contributed by atoms with E-state index in [9.17, 15) is 19.8 Å². The average Bonchev–Trinajstić information content (AvgIpc) is 3.16. The van der Waals surface area contributed by atoms with E-state index in [1.54, 1.807) is 23.1 Å². The monoisotopic (exact) mass is 517 g/mol. The predicted octanol–water partition coefficient (Wildman–Crippen LogP) is 6.59. The Morgan fingerprint density at radius 2 is 1.87 bits per heavy atom. The predicted molar refractivity (Wildman–Crippen MR) is 150 cm³/mol. The highest BCUT2D eigenvalue weighted by molar-refractivity contribution is 6.11. The zero-order valence-electron chi connectivity index (χ0n) is 23.4. The molecule has 4 rings (SSSR count). The van der Waals surface area contributed by atoms with Crippen LogP contribution in [-0.2, 0) is 13.0 Å². The molecule has 0 bridgehead atoms. The second kappa shape index (κ2) is 10.8. The summed E-state index contributed by atoms with van der Waals surface area (Å²) in [7, 11) is 0. The van der Waals surface area contributed by atoms with Crippen LogP contribution in [0.15, 0.2) is 47.6 Å². The highest BCUT2D eigenvalue weighted by Gasteiger charge is 2.44. The van der Waals surface area contributed by atoms with Crippen LogP contribution in [0.3, 0.4) is 0 Å². The summed E-state index contributed by atoms with van der Waals surface area (Å²) in [6.07, 6.45) is 7.31. The number of fused-ring (bicyclic) bond motifs is 3. The second-order valence-corrected chi connectivity index (χ2v) is 11.2. The number of benzene rings is 2. The first-order chi connectivity index (χ1) is 17.9. The molecular formula is C32H39NO5. The molecule has 0 spiro atoms. The maximum Gasteiger partial charge on any atom is 0.259 e. The molecule has 2 aliphatic heterocycles. The van der Waals surface area contributed by atoms with Crippen LogP contribution in [0, 0.1) is 6.92 Å². The van der Waals surface area contributed by atoms with Crippen molar-refractivity contribution < 1.29 is 24.5 Å². The molecule has 38 heavy (non-hydrogen) atoms. The first-order valence-electron chi connectivity index (χ1n) is 13.4. The van der Waals surface area contributed by atoms with E-state index in [0.717, 1.165) is 36.1 Å². The molecule has 0 saturated heterocycles. The Labute approximate surface area is 225 Å². The Hall–Kier alpha value is -3.38. The van der Waals surface area contributed by atoms with Gasteiger partial charge in [-0.3, -0.25) is 9.59 Å². The zero-order chi connectivity index (χ0) is 27.8. The summed E-state index contributed by atoms with van der Waals surface area (Å²) in [4.78, 5) is 26.9. The van der Waals surface area contributed by atoms with Gasteiger partial charge in [0, 0.05) is 28.8 Å². The van der Waals surface area contributed by atoms with Gasteiger partial charge in [-0.05, 0) is 97.1 Å². The van der Waals surface area contributed by atoms with Gasteiger partial charge in [-0.2, -0.15) is 0 Å². The number of aromatic hydroxyl groups is 1. The standard InChI is InChI=1S/C32H39NO5/c1-19(2)9-7-10-20(3)11-8-14-32(6)29(36)17-25-28(35)16-24-26(30(25)38-32)18-33(31(24)37)27-13-12-23(22(5)34)15-21(27)4/h9,11-13,15-16,29,35-36H,7-8,10,14,17-18H2,1-6H3/b20-11+. The van der Waals surface area contributed by atoms with Crippen molar-refractivity contribution in [2.24, 2.45) is 0 Å². The number of carbonyl (C=O) groups is 2. The van der Waals surface area contributed by atoms with Crippen molar-refractivity contribution in [2.75, 3.05) is 4.90 Å². The SMILES string of the molecule is CC(=O)c1ccc(N2Cc3c(cc(O)c4c3OC(C)(CC/C=C(\C)CCC=C(C)C)C(O)C4)C2=O)c(C)c1. The molecule has 2 N–H and O–H groups in total. The van der Waals surface area contributed by atoms with Crippen LogP contribution in [-0.4, -0.2) is 33.6 Å². The number of aliphatic hydroxyl groups is 1. The largest absolute Gasteiger partial charge is 0.508 e. The molecule has 2 aliphatic rings. The number of Topliss-reactive ketones (excluding diaryl/α,β-unsaturated/α-hetero) is 1. The van der Waals surface area contributed by atoms with Gasteiger partial charge >= 0.3 is 0 Å². The lowest BCUT2D eigenvalue weighted by Crippen LogP contribution is -2.49. The zero-order valence-corrected chi connectivity index (χ0v) is 23.4. The molecule has 1 amide bonds. The number of aryl methyl sites for hydroxylation is 1. The van der Waals surface area contributed by atoms with Gasteiger partial charge in [0.2, 0.25) is 0 Å². The van der Waals surface area contributed by atoms with Gasteiger partial charge < -0.3 is 19.8 Å². The molecule has 202 valence electrons. The number of nitrogens with zero attached hydrogens (tertiary/aromatic N) is 1. The van der Waals surface area contributed by atoms with E-state index >= 15 is 0 Å². The van der Waals surface area contributed by atoms with Crippen LogP contribution < -0.4 is 9.64 Å². The molecule has 2 atom stereocenters. The highest BCUT2D eigenvalue weighted by atomic mass is 16.5. The number of allylic oxidation sites excluding steroid dienone is 4. The maximum absolute atomic E-state index is 13.4. The van der Waals surface area contributed by atoms with Gasteiger partial charge in [-0.25, -0.2) is 0 Å². The molecule has 6 nitrogen and oxygen atoms in total. The third kappa shape index (κ3) is 5.41. The minimum Gasteiger partial charge on any atom is -0.508 e. The van der Waals surface area contributed by atoms with Gasteiger partial charge in [0.1, 0.15) is 17.1 Å². The molecule has 2 aromatic rings. The lowest BCUT2D eigenvalue weighted by atomic mass is 9.84. The molecule has 0 aromatic heterocycles. The second-order valence-electron chi connectivity index (χ2n) is 11.2. The van der Waals surface area contributed by atoms with E-state index in [-0.39, 0.29) is 23.9 Å². The molecule has 0 fully saturated rings. The van der Waals surface area contributed by atoms with Crippen molar-refractivity contribution in [1.82, 2.24) is 0 Å². The summed E-state index contributed by atoms with van der Waals surface area (Å²) in [5, 5.41) is 21.8. The summed E-state index contributed by atoms with van der Waals surface area (Å²) < 4.78 is 6.49. The molecule has 2 unspecified atom stereocenters. The van der Waals surface area contributed by atoms with E-state index in [1.165, 1.54) is 24.1 Å². The van der Waals surface area contributed by atoms with Crippen molar-refractivity contribution in [2.45, 2.75) is 91.9 Å². The quantitative estimate of drug-likeness (QED) is 0.305. The molecule has 6 heteroatoms. The fourth-order valence-corrected chi connectivity index (χ4v) is 5.37. The van der Waals surface area contributed by atoms with Gasteiger partial charge in [0.05, 0.1) is 18.2 Å². The fraction of sp³-hybridized carbons (Fsp3) is 0.438. The van der Waals surface area contributed by atoms with E-state index in [1.807, 2.05) is 13.8 Å². The molecule has 2 heterocycles. The number of rotatable bonds is 8. The number of aliphatic hydroxyl groups excluding tert-OH is 1. The minimum absolute atomic E-state index is 0.0288. The molecular weight excluding hydrogens is 478 g/mol. The lowest BCUT2D eigenvalue weighted by Gasteiger charge is -2.40. The van der Waals surface area contributed by atoms with Gasteiger partial charge in [-0.1, -0.05) is 23.3 Å². The van der Waals surface area contributed by atoms with E-state index in [0.29, 0.717) is 35.4 Å². The lowest BCUT2D eigenvalue weighted by molar-refractivity contribution is -0.0597. The Balaban J connectivity index is 1.58. The van der Waals surface area contributed by atoms with Crippen molar-refractivity contribution in [3.63, 3.8) is 0 Å². The Kier molecular flexibility index (Phi) is 7.84. The Morgan fingerprint density at radius 1 is 1.13 bits per heavy atom. The summed E-state index contributed by atoms with van der Waals surface area (Å²) in [6, 6.07) is 6.81. The van der Waals surface area contributed by atoms with Gasteiger partial charge in [0.15, 0.2) is 5.78 Å². The number of amides is 1. The number of phenolic OH excluding ortho intramolecular Hbond substituents is 1. The fourth-order valence-electron chi connectivity index (χ4n) is 5.37. The molecule has 0 radical (unpaired) electrons. The number of anilines is 1. The third-order valence-electron chi connectivity index (χ3n) is 7.81. The van der Waals surface area contributed by atoms with Crippen LogP contribution in [0.5, 0.6) is 11.5 Å². The van der Waals surface area contributed by atoms with Gasteiger partial charge in [-0.15, -0.1) is 0 Å². The van der Waals surface area contributed by atoms with E-state index in [2.05, 4.69) is 32.9 Å². The van der Waals surface area contributed by atoms with Crippen LogP contribution >= 0.6 is 0 Å². The normalized spacial score (nSPS) is 20.6. The maximum atomic E-state index is 13.4. The van der Waals surface area contributed by atoms with Crippen LogP contribution in [0.25, 0.3) is 0 Å². The Morgan fingerprint density at radius 3 is 2.53 bits per heavy atom.